The lowest BCUT2D eigenvalue weighted by Crippen LogP contribution is -2.57. The van der Waals surface area contributed by atoms with E-state index in [0.717, 1.165) is 12.8 Å². The van der Waals surface area contributed by atoms with Crippen molar-refractivity contribution >= 4 is 21.4 Å². The second-order valence-corrected chi connectivity index (χ2v) is 8.51. The van der Waals surface area contributed by atoms with E-state index in [1.165, 1.54) is 30.6 Å². The molecule has 0 amide bonds. The van der Waals surface area contributed by atoms with E-state index < -0.39 is 10.0 Å². The molecule has 1 aliphatic heterocycles. The topological polar surface area (TPSA) is 59.5 Å². The fourth-order valence-electron chi connectivity index (χ4n) is 2.87. The predicted octanol–water partition coefficient (Wildman–Crippen LogP) is 2.12. The van der Waals surface area contributed by atoms with Crippen LogP contribution in [0.3, 0.4) is 0 Å². The van der Waals surface area contributed by atoms with E-state index in [1.807, 2.05) is 5.38 Å². The van der Waals surface area contributed by atoms with Crippen molar-refractivity contribution in [2.24, 2.45) is 5.92 Å². The lowest BCUT2D eigenvalue weighted by Gasteiger charge is -2.38. The molecular formula is C13H20N2O3S2. The Labute approximate surface area is 124 Å². The van der Waals surface area contributed by atoms with E-state index in [2.05, 4.69) is 4.98 Å². The summed E-state index contributed by atoms with van der Waals surface area (Å²) in [5, 5.41) is 2.48. The second-order valence-electron chi connectivity index (χ2n) is 5.64. The summed E-state index contributed by atoms with van der Waals surface area (Å²) in [4.78, 5) is 4.05. The fourth-order valence-corrected chi connectivity index (χ4v) is 5.35. The van der Waals surface area contributed by atoms with E-state index in [9.17, 15) is 8.42 Å². The average Bonchev–Trinajstić information content (AvgIpc) is 2.86. The zero-order chi connectivity index (χ0) is 14.0. The molecule has 0 spiro atoms. The smallest absolute Gasteiger partial charge is 0.273 e. The van der Waals surface area contributed by atoms with Gasteiger partial charge in [0.15, 0.2) is 0 Å². The average molecular weight is 316 g/mol. The summed E-state index contributed by atoms with van der Waals surface area (Å²) in [6.45, 7) is 0.934. The highest BCUT2D eigenvalue weighted by molar-refractivity contribution is 7.89. The van der Waals surface area contributed by atoms with Gasteiger partial charge in [0.05, 0.1) is 18.8 Å². The van der Waals surface area contributed by atoms with Crippen molar-refractivity contribution in [1.82, 2.24) is 9.29 Å². The first-order valence-electron chi connectivity index (χ1n) is 7.17. The van der Waals surface area contributed by atoms with Gasteiger partial charge in [-0.25, -0.2) is 13.4 Å². The summed E-state index contributed by atoms with van der Waals surface area (Å²) in [6, 6.07) is 0. The van der Waals surface area contributed by atoms with Crippen molar-refractivity contribution in [2.45, 2.75) is 38.2 Å². The van der Waals surface area contributed by atoms with Crippen LogP contribution in [0.2, 0.25) is 0 Å². The monoisotopic (exact) mass is 316 g/mol. The van der Waals surface area contributed by atoms with Crippen LogP contribution in [0.5, 0.6) is 5.19 Å². The summed E-state index contributed by atoms with van der Waals surface area (Å²) in [5.41, 5.74) is 0. The van der Waals surface area contributed by atoms with Crippen LogP contribution >= 0.6 is 11.3 Å². The van der Waals surface area contributed by atoms with Gasteiger partial charge in [0.25, 0.3) is 5.19 Å². The maximum absolute atomic E-state index is 12.3. The number of hydrogen-bond donors (Lipinski definition) is 0. The second kappa shape index (κ2) is 5.99. The number of ether oxygens (including phenoxy) is 1. The Morgan fingerprint density at radius 3 is 2.70 bits per heavy atom. The first kappa shape index (κ1) is 14.3. The maximum atomic E-state index is 12.3. The molecule has 1 saturated heterocycles. The number of nitrogens with zero attached hydrogens (tertiary/aromatic N) is 2. The number of hydrogen-bond acceptors (Lipinski definition) is 5. The lowest BCUT2D eigenvalue weighted by atomic mass is 9.91. The van der Waals surface area contributed by atoms with Gasteiger partial charge in [-0.1, -0.05) is 30.6 Å². The number of sulfonamides is 1. The Morgan fingerprint density at radius 1 is 1.30 bits per heavy atom. The highest BCUT2D eigenvalue weighted by atomic mass is 32.2. The van der Waals surface area contributed by atoms with Crippen LogP contribution in [0.15, 0.2) is 11.6 Å². The first-order valence-corrected chi connectivity index (χ1v) is 9.66. The van der Waals surface area contributed by atoms with Gasteiger partial charge in [-0.15, -0.1) is 0 Å². The van der Waals surface area contributed by atoms with E-state index in [0.29, 0.717) is 30.0 Å². The molecule has 0 unspecified atom stereocenters. The van der Waals surface area contributed by atoms with Gasteiger partial charge in [0, 0.05) is 11.6 Å². The normalized spacial score (nSPS) is 22.6. The standard InChI is InChI=1S/C13H20N2O3S2/c16-20(17,10-11-4-2-1-3-5-11)15-8-12(9-15)18-13-14-6-7-19-13/h6-7,11-12H,1-5,8-10H2. The van der Waals surface area contributed by atoms with Crippen LogP contribution < -0.4 is 4.74 Å². The minimum absolute atomic E-state index is 0.0396. The molecule has 112 valence electrons. The number of aromatic nitrogens is 1. The summed E-state index contributed by atoms with van der Waals surface area (Å²) >= 11 is 1.44. The minimum atomic E-state index is -3.10. The summed E-state index contributed by atoms with van der Waals surface area (Å²) < 4.78 is 31.7. The van der Waals surface area contributed by atoms with Crippen LogP contribution in [-0.4, -0.2) is 42.7 Å². The van der Waals surface area contributed by atoms with Crippen molar-refractivity contribution in [3.63, 3.8) is 0 Å². The molecule has 0 aromatic carbocycles. The molecule has 20 heavy (non-hydrogen) atoms. The van der Waals surface area contributed by atoms with Crippen LogP contribution in [0.25, 0.3) is 0 Å². The molecule has 1 saturated carbocycles. The van der Waals surface area contributed by atoms with Crippen molar-refractivity contribution in [2.75, 3.05) is 18.8 Å². The van der Waals surface area contributed by atoms with E-state index in [4.69, 9.17) is 4.74 Å². The third-order valence-corrected chi connectivity index (χ3v) is 6.69. The Morgan fingerprint density at radius 2 is 2.05 bits per heavy atom. The molecule has 3 rings (SSSR count). The van der Waals surface area contributed by atoms with E-state index in [1.54, 1.807) is 10.5 Å². The highest BCUT2D eigenvalue weighted by Crippen LogP contribution is 2.28. The zero-order valence-electron chi connectivity index (χ0n) is 11.4. The van der Waals surface area contributed by atoms with Gasteiger partial charge in [0.1, 0.15) is 6.10 Å². The molecule has 2 fully saturated rings. The third-order valence-electron chi connectivity index (χ3n) is 4.06. The van der Waals surface area contributed by atoms with Crippen LogP contribution in [0.4, 0.5) is 0 Å². The van der Waals surface area contributed by atoms with Crippen LogP contribution in [0.1, 0.15) is 32.1 Å². The van der Waals surface area contributed by atoms with Crippen LogP contribution in [0, 0.1) is 5.92 Å². The summed E-state index contributed by atoms with van der Waals surface area (Å²) in [7, 11) is -3.10. The van der Waals surface area contributed by atoms with E-state index >= 15 is 0 Å². The van der Waals surface area contributed by atoms with Crippen LogP contribution in [-0.2, 0) is 10.0 Å². The maximum Gasteiger partial charge on any atom is 0.273 e. The van der Waals surface area contributed by atoms with Crippen molar-refractivity contribution < 1.29 is 13.2 Å². The molecule has 5 nitrogen and oxygen atoms in total. The lowest BCUT2D eigenvalue weighted by molar-refractivity contribution is 0.0755. The summed E-state index contributed by atoms with van der Waals surface area (Å²) in [6.07, 6.45) is 7.38. The molecule has 0 N–H and O–H groups in total. The number of thiazole rings is 1. The van der Waals surface area contributed by atoms with Gasteiger partial charge in [-0.05, 0) is 18.8 Å². The Bertz CT molecular complexity index is 518. The SMILES string of the molecule is O=S(=O)(CC1CCCCC1)N1CC(Oc2nccs2)C1. The first-order chi connectivity index (χ1) is 9.63. The largest absolute Gasteiger partial charge is 0.464 e. The Balaban J connectivity index is 1.47. The van der Waals surface area contributed by atoms with Crippen molar-refractivity contribution in [3.8, 4) is 5.19 Å². The van der Waals surface area contributed by atoms with Gasteiger partial charge in [0.2, 0.25) is 10.0 Å². The molecule has 0 atom stereocenters. The molecular weight excluding hydrogens is 296 g/mol. The molecule has 0 radical (unpaired) electrons. The zero-order valence-corrected chi connectivity index (χ0v) is 13.0. The van der Waals surface area contributed by atoms with Gasteiger partial charge >= 0.3 is 0 Å². The van der Waals surface area contributed by atoms with Crippen molar-refractivity contribution in [1.29, 1.82) is 0 Å². The van der Waals surface area contributed by atoms with Crippen molar-refractivity contribution in [3.05, 3.63) is 11.6 Å². The molecule has 7 heteroatoms. The predicted molar refractivity (Wildman–Crippen MR) is 78.5 cm³/mol. The molecule has 1 aromatic rings. The summed E-state index contributed by atoms with van der Waals surface area (Å²) in [5.74, 6) is 0.671. The number of rotatable bonds is 5. The molecule has 2 heterocycles. The molecule has 0 bridgehead atoms. The fraction of sp³-hybridized carbons (Fsp3) is 0.769. The van der Waals surface area contributed by atoms with Gasteiger partial charge in [-0.3, -0.25) is 0 Å². The third kappa shape index (κ3) is 3.32. The molecule has 1 aliphatic carbocycles. The quantitative estimate of drug-likeness (QED) is 0.835. The van der Waals surface area contributed by atoms with E-state index in [-0.39, 0.29) is 6.10 Å². The van der Waals surface area contributed by atoms with Gasteiger partial charge in [-0.2, -0.15) is 4.31 Å². The van der Waals surface area contributed by atoms with Gasteiger partial charge < -0.3 is 4.74 Å². The Kier molecular flexibility index (Phi) is 4.28. The Hall–Kier alpha value is -0.660. The minimum Gasteiger partial charge on any atom is -0.464 e. The molecule has 2 aliphatic rings. The molecule has 1 aromatic heterocycles. The highest BCUT2D eigenvalue weighted by Gasteiger charge is 2.38.